The van der Waals surface area contributed by atoms with Gasteiger partial charge in [-0.05, 0) is 32.9 Å². The first-order valence-electron chi connectivity index (χ1n) is 7.21. The SMILES string of the molecule is COC1(C(=O)N(C)CC(=O)Nc2cc(C)on2)CCNCC1. The average Bonchev–Trinajstić information content (AvgIpc) is 2.91. The van der Waals surface area contributed by atoms with Crippen LogP contribution in [0.3, 0.4) is 0 Å². The number of carbonyl (C=O) groups is 2. The molecule has 22 heavy (non-hydrogen) atoms. The van der Waals surface area contributed by atoms with Gasteiger partial charge >= 0.3 is 0 Å². The Labute approximate surface area is 129 Å². The van der Waals surface area contributed by atoms with E-state index in [1.54, 1.807) is 20.0 Å². The largest absolute Gasteiger partial charge is 0.368 e. The Morgan fingerprint density at radius 3 is 2.73 bits per heavy atom. The van der Waals surface area contributed by atoms with Crippen LogP contribution in [0.15, 0.2) is 10.6 Å². The summed E-state index contributed by atoms with van der Waals surface area (Å²) in [5, 5.41) is 9.47. The van der Waals surface area contributed by atoms with Crippen molar-refractivity contribution in [3.63, 3.8) is 0 Å². The van der Waals surface area contributed by atoms with E-state index in [4.69, 9.17) is 9.26 Å². The third-order valence-corrected chi connectivity index (χ3v) is 3.81. The number of aryl methyl sites for hydroxylation is 1. The highest BCUT2D eigenvalue weighted by Crippen LogP contribution is 2.24. The molecule has 0 aromatic carbocycles. The number of carbonyl (C=O) groups excluding carboxylic acids is 2. The van der Waals surface area contributed by atoms with Gasteiger partial charge in [0.2, 0.25) is 5.91 Å². The molecule has 0 unspecified atom stereocenters. The van der Waals surface area contributed by atoms with E-state index in [-0.39, 0.29) is 18.4 Å². The minimum Gasteiger partial charge on any atom is -0.368 e. The second-order valence-electron chi connectivity index (χ2n) is 5.48. The Morgan fingerprint density at radius 1 is 1.50 bits per heavy atom. The Morgan fingerprint density at radius 2 is 2.18 bits per heavy atom. The fourth-order valence-electron chi connectivity index (χ4n) is 2.58. The number of ether oxygens (including phenoxy) is 1. The number of methoxy groups -OCH3 is 1. The first kappa shape index (κ1) is 16.4. The number of hydrogen-bond acceptors (Lipinski definition) is 6. The fraction of sp³-hybridized carbons (Fsp3) is 0.643. The summed E-state index contributed by atoms with van der Waals surface area (Å²) in [4.78, 5) is 26.0. The van der Waals surface area contributed by atoms with Crippen LogP contribution in [0.4, 0.5) is 5.82 Å². The van der Waals surface area contributed by atoms with Gasteiger partial charge < -0.3 is 24.8 Å². The Bertz CT molecular complexity index is 537. The van der Waals surface area contributed by atoms with Crippen LogP contribution in [0.2, 0.25) is 0 Å². The molecule has 2 amide bonds. The van der Waals surface area contributed by atoms with Crippen LogP contribution in [0.5, 0.6) is 0 Å². The number of piperidine rings is 1. The first-order valence-corrected chi connectivity index (χ1v) is 7.21. The van der Waals surface area contributed by atoms with Crippen molar-refractivity contribution in [2.24, 2.45) is 0 Å². The molecule has 1 aromatic heterocycles. The number of anilines is 1. The van der Waals surface area contributed by atoms with Crippen molar-refractivity contribution in [2.45, 2.75) is 25.4 Å². The molecule has 1 aliphatic heterocycles. The molecule has 0 radical (unpaired) electrons. The molecular weight excluding hydrogens is 288 g/mol. The van der Waals surface area contributed by atoms with E-state index in [2.05, 4.69) is 15.8 Å². The van der Waals surface area contributed by atoms with Gasteiger partial charge in [-0.25, -0.2) is 0 Å². The van der Waals surface area contributed by atoms with E-state index in [1.165, 1.54) is 12.0 Å². The van der Waals surface area contributed by atoms with Crippen LogP contribution >= 0.6 is 0 Å². The monoisotopic (exact) mass is 310 g/mol. The third-order valence-electron chi connectivity index (χ3n) is 3.81. The van der Waals surface area contributed by atoms with Crippen molar-refractivity contribution in [3.8, 4) is 0 Å². The highest BCUT2D eigenvalue weighted by molar-refractivity contribution is 5.95. The van der Waals surface area contributed by atoms with Gasteiger partial charge in [0.15, 0.2) is 5.82 Å². The van der Waals surface area contributed by atoms with E-state index in [1.807, 2.05) is 0 Å². The van der Waals surface area contributed by atoms with Gasteiger partial charge in [0, 0.05) is 20.2 Å². The summed E-state index contributed by atoms with van der Waals surface area (Å²) in [6, 6.07) is 1.61. The van der Waals surface area contributed by atoms with Crippen molar-refractivity contribution in [1.29, 1.82) is 0 Å². The molecule has 1 fully saturated rings. The third kappa shape index (κ3) is 3.63. The highest BCUT2D eigenvalue weighted by Gasteiger charge is 2.41. The lowest BCUT2D eigenvalue weighted by atomic mass is 9.90. The van der Waals surface area contributed by atoms with E-state index < -0.39 is 5.60 Å². The maximum absolute atomic E-state index is 12.6. The van der Waals surface area contributed by atoms with Crippen LogP contribution < -0.4 is 10.6 Å². The number of likely N-dealkylation sites (N-methyl/N-ethyl adjacent to an activating group) is 1. The minimum atomic E-state index is -0.843. The van der Waals surface area contributed by atoms with Gasteiger partial charge in [-0.3, -0.25) is 9.59 Å². The standard InChI is InChI=1S/C14H22N4O4/c1-10-8-11(17-22-10)16-12(19)9-18(2)13(20)14(21-3)4-6-15-7-5-14/h8,15H,4-7,9H2,1-3H3,(H,16,17,19). The van der Waals surface area contributed by atoms with Gasteiger partial charge in [-0.2, -0.15) is 0 Å². The van der Waals surface area contributed by atoms with Gasteiger partial charge in [-0.1, -0.05) is 5.16 Å². The Hall–Kier alpha value is -1.93. The normalized spacial score (nSPS) is 17.0. The lowest BCUT2D eigenvalue weighted by molar-refractivity contribution is -0.157. The summed E-state index contributed by atoms with van der Waals surface area (Å²) < 4.78 is 10.3. The average molecular weight is 310 g/mol. The maximum Gasteiger partial charge on any atom is 0.255 e. The lowest BCUT2D eigenvalue weighted by Gasteiger charge is -2.37. The van der Waals surface area contributed by atoms with Gasteiger partial charge in [0.25, 0.3) is 5.91 Å². The number of aromatic nitrogens is 1. The van der Waals surface area contributed by atoms with E-state index in [0.717, 1.165) is 13.1 Å². The Kier molecular flexibility index (Phi) is 5.15. The number of rotatable bonds is 5. The van der Waals surface area contributed by atoms with Crippen molar-refractivity contribution >= 4 is 17.6 Å². The molecule has 2 N–H and O–H groups in total. The maximum atomic E-state index is 12.6. The summed E-state index contributed by atoms with van der Waals surface area (Å²) in [7, 11) is 3.13. The summed E-state index contributed by atoms with van der Waals surface area (Å²) in [5.41, 5.74) is -0.843. The molecular formula is C14H22N4O4. The molecule has 0 spiro atoms. The lowest BCUT2D eigenvalue weighted by Crippen LogP contribution is -2.55. The second-order valence-corrected chi connectivity index (χ2v) is 5.48. The number of nitrogens with one attached hydrogen (secondary N) is 2. The van der Waals surface area contributed by atoms with Gasteiger partial charge in [0.05, 0.1) is 6.54 Å². The molecule has 1 aromatic rings. The van der Waals surface area contributed by atoms with Crippen LogP contribution in [0, 0.1) is 6.92 Å². The van der Waals surface area contributed by atoms with E-state index >= 15 is 0 Å². The zero-order chi connectivity index (χ0) is 16.2. The quantitative estimate of drug-likeness (QED) is 0.803. The van der Waals surface area contributed by atoms with Crippen molar-refractivity contribution in [2.75, 3.05) is 39.1 Å². The summed E-state index contributed by atoms with van der Waals surface area (Å²) in [5.74, 6) is 0.437. The van der Waals surface area contributed by atoms with Crippen molar-refractivity contribution in [1.82, 2.24) is 15.4 Å². The molecule has 1 saturated heterocycles. The molecule has 1 aliphatic rings. The fourth-order valence-corrected chi connectivity index (χ4v) is 2.58. The molecule has 2 rings (SSSR count). The van der Waals surface area contributed by atoms with E-state index in [9.17, 15) is 9.59 Å². The number of nitrogens with zero attached hydrogens (tertiary/aromatic N) is 2. The summed E-state index contributed by atoms with van der Waals surface area (Å²) in [6.07, 6.45) is 1.19. The highest BCUT2D eigenvalue weighted by atomic mass is 16.5. The predicted molar refractivity (Wildman–Crippen MR) is 79.4 cm³/mol. The molecule has 122 valence electrons. The molecule has 0 saturated carbocycles. The van der Waals surface area contributed by atoms with Crippen molar-refractivity contribution in [3.05, 3.63) is 11.8 Å². The zero-order valence-corrected chi connectivity index (χ0v) is 13.1. The van der Waals surface area contributed by atoms with Crippen molar-refractivity contribution < 1.29 is 18.8 Å². The number of amides is 2. The molecule has 2 heterocycles. The first-order chi connectivity index (χ1) is 10.5. The van der Waals surface area contributed by atoms with Crippen LogP contribution in [-0.4, -0.2) is 61.3 Å². The second kappa shape index (κ2) is 6.89. The predicted octanol–water partition coefficient (Wildman–Crippen LogP) is 0.149. The molecule has 8 nitrogen and oxygen atoms in total. The molecule has 0 atom stereocenters. The molecule has 0 bridgehead atoms. The summed E-state index contributed by atoms with van der Waals surface area (Å²) in [6.45, 7) is 3.11. The van der Waals surface area contributed by atoms with Crippen LogP contribution in [-0.2, 0) is 14.3 Å². The van der Waals surface area contributed by atoms with Gasteiger partial charge in [0.1, 0.15) is 11.4 Å². The number of hydrogen-bond donors (Lipinski definition) is 2. The summed E-state index contributed by atoms with van der Waals surface area (Å²) >= 11 is 0. The van der Waals surface area contributed by atoms with E-state index in [0.29, 0.717) is 24.4 Å². The zero-order valence-electron chi connectivity index (χ0n) is 13.1. The minimum absolute atomic E-state index is 0.0662. The smallest absolute Gasteiger partial charge is 0.255 e. The topological polar surface area (TPSA) is 96.7 Å². The van der Waals surface area contributed by atoms with Crippen LogP contribution in [0.25, 0.3) is 0 Å². The van der Waals surface area contributed by atoms with Crippen LogP contribution in [0.1, 0.15) is 18.6 Å². The van der Waals surface area contributed by atoms with Gasteiger partial charge in [-0.15, -0.1) is 0 Å². The molecule has 0 aliphatic carbocycles. The Balaban J connectivity index is 1.93. The molecule has 8 heteroatoms.